The van der Waals surface area contributed by atoms with Crippen LogP contribution >= 0.6 is 11.6 Å². The lowest BCUT2D eigenvalue weighted by atomic mass is 10.1. The molecule has 0 saturated heterocycles. The molecule has 0 aromatic heterocycles. The Morgan fingerprint density at radius 2 is 2.13 bits per heavy atom. The van der Waals surface area contributed by atoms with Crippen LogP contribution in [0, 0.1) is 5.82 Å². The zero-order valence-electron chi connectivity index (χ0n) is 8.93. The highest BCUT2D eigenvalue weighted by atomic mass is 35.5. The van der Waals surface area contributed by atoms with Crippen molar-refractivity contribution in [1.82, 2.24) is 5.32 Å². The van der Waals surface area contributed by atoms with Gasteiger partial charge >= 0.3 is 0 Å². The van der Waals surface area contributed by atoms with Crippen molar-refractivity contribution in [2.24, 2.45) is 5.73 Å². The highest BCUT2D eigenvalue weighted by Crippen LogP contribution is 2.23. The van der Waals surface area contributed by atoms with Crippen molar-refractivity contribution >= 4 is 11.6 Å². The van der Waals surface area contributed by atoms with Crippen LogP contribution in [-0.4, -0.2) is 12.6 Å². The minimum absolute atomic E-state index is 0.136. The molecule has 0 spiro atoms. The Bertz CT molecular complexity index is 328. The van der Waals surface area contributed by atoms with Gasteiger partial charge in [0.1, 0.15) is 5.82 Å². The van der Waals surface area contributed by atoms with Crippen molar-refractivity contribution in [2.75, 3.05) is 6.54 Å². The molecule has 0 heterocycles. The standard InChI is InChI=1S/C11H16ClFN2/c1-7(2)15-10(6-14)8-4-3-5-9(12)11(8)13/h3-5,7,10,15H,6,14H2,1-2H3. The average Bonchev–Trinajstić information content (AvgIpc) is 2.19. The molecule has 1 aromatic carbocycles. The van der Waals surface area contributed by atoms with Crippen molar-refractivity contribution in [3.63, 3.8) is 0 Å². The Morgan fingerprint density at radius 3 is 2.67 bits per heavy atom. The van der Waals surface area contributed by atoms with Crippen molar-refractivity contribution in [2.45, 2.75) is 25.9 Å². The Morgan fingerprint density at radius 1 is 1.47 bits per heavy atom. The molecular weight excluding hydrogens is 215 g/mol. The van der Waals surface area contributed by atoms with Gasteiger partial charge in [-0.05, 0) is 6.07 Å². The maximum Gasteiger partial charge on any atom is 0.146 e. The summed E-state index contributed by atoms with van der Waals surface area (Å²) in [6.45, 7) is 4.33. The average molecular weight is 231 g/mol. The van der Waals surface area contributed by atoms with Crippen LogP contribution in [0.2, 0.25) is 5.02 Å². The first-order valence-corrected chi connectivity index (χ1v) is 5.34. The normalized spacial score (nSPS) is 13.2. The third kappa shape index (κ3) is 3.16. The van der Waals surface area contributed by atoms with Crippen LogP contribution in [0.1, 0.15) is 25.5 Å². The zero-order chi connectivity index (χ0) is 11.4. The van der Waals surface area contributed by atoms with Gasteiger partial charge in [0.05, 0.1) is 5.02 Å². The first-order chi connectivity index (χ1) is 7.06. The molecule has 2 nitrogen and oxygen atoms in total. The monoisotopic (exact) mass is 230 g/mol. The second kappa shape index (κ2) is 5.45. The molecule has 1 atom stereocenters. The van der Waals surface area contributed by atoms with E-state index in [4.69, 9.17) is 17.3 Å². The van der Waals surface area contributed by atoms with Gasteiger partial charge in [0.25, 0.3) is 0 Å². The molecule has 15 heavy (non-hydrogen) atoms. The number of nitrogens with one attached hydrogen (secondary N) is 1. The molecule has 0 amide bonds. The number of hydrogen-bond donors (Lipinski definition) is 2. The molecule has 84 valence electrons. The quantitative estimate of drug-likeness (QED) is 0.834. The number of nitrogens with two attached hydrogens (primary N) is 1. The maximum atomic E-state index is 13.7. The van der Waals surface area contributed by atoms with E-state index in [-0.39, 0.29) is 22.9 Å². The number of rotatable bonds is 4. The van der Waals surface area contributed by atoms with Crippen molar-refractivity contribution in [3.05, 3.63) is 34.6 Å². The van der Waals surface area contributed by atoms with Gasteiger partial charge in [-0.25, -0.2) is 4.39 Å². The van der Waals surface area contributed by atoms with Gasteiger partial charge in [-0.1, -0.05) is 37.6 Å². The summed E-state index contributed by atoms with van der Waals surface area (Å²) >= 11 is 5.71. The molecule has 1 unspecified atom stereocenters. The second-order valence-electron chi connectivity index (χ2n) is 3.75. The van der Waals surface area contributed by atoms with E-state index in [9.17, 15) is 4.39 Å². The van der Waals surface area contributed by atoms with Gasteiger partial charge < -0.3 is 11.1 Å². The van der Waals surface area contributed by atoms with E-state index < -0.39 is 0 Å². The lowest BCUT2D eigenvalue weighted by Gasteiger charge is -2.20. The molecular formula is C11H16ClFN2. The van der Waals surface area contributed by atoms with Gasteiger partial charge in [0.15, 0.2) is 0 Å². The summed E-state index contributed by atoms with van der Waals surface area (Å²) in [5.41, 5.74) is 6.13. The van der Waals surface area contributed by atoms with Crippen molar-refractivity contribution in [1.29, 1.82) is 0 Å². The largest absolute Gasteiger partial charge is 0.329 e. The lowest BCUT2D eigenvalue weighted by Crippen LogP contribution is -2.33. The van der Waals surface area contributed by atoms with E-state index in [1.54, 1.807) is 12.1 Å². The third-order valence-corrected chi connectivity index (χ3v) is 2.42. The van der Waals surface area contributed by atoms with E-state index in [2.05, 4.69) is 5.32 Å². The molecule has 4 heteroatoms. The third-order valence-electron chi connectivity index (χ3n) is 2.13. The summed E-state index contributed by atoms with van der Waals surface area (Å²) < 4.78 is 13.7. The van der Waals surface area contributed by atoms with Crippen LogP contribution in [0.5, 0.6) is 0 Å². The molecule has 0 radical (unpaired) electrons. The predicted octanol–water partition coefficient (Wildman–Crippen LogP) is 2.48. The maximum absolute atomic E-state index is 13.7. The molecule has 0 saturated carbocycles. The fourth-order valence-corrected chi connectivity index (χ4v) is 1.66. The minimum atomic E-state index is -0.386. The van der Waals surface area contributed by atoms with Gasteiger partial charge in [-0.15, -0.1) is 0 Å². The predicted molar refractivity (Wildman–Crippen MR) is 61.5 cm³/mol. The molecule has 0 aliphatic heterocycles. The van der Waals surface area contributed by atoms with Crippen molar-refractivity contribution < 1.29 is 4.39 Å². The van der Waals surface area contributed by atoms with Gasteiger partial charge in [-0.3, -0.25) is 0 Å². The first-order valence-electron chi connectivity index (χ1n) is 4.96. The van der Waals surface area contributed by atoms with Crippen LogP contribution in [0.25, 0.3) is 0 Å². The van der Waals surface area contributed by atoms with Gasteiger partial charge in [0, 0.05) is 24.2 Å². The van der Waals surface area contributed by atoms with Crippen LogP contribution in [-0.2, 0) is 0 Å². The lowest BCUT2D eigenvalue weighted by molar-refractivity contribution is 0.464. The highest BCUT2D eigenvalue weighted by Gasteiger charge is 2.16. The summed E-state index contributed by atoms with van der Waals surface area (Å²) in [6.07, 6.45) is 0. The summed E-state index contributed by atoms with van der Waals surface area (Å²) in [7, 11) is 0. The SMILES string of the molecule is CC(C)NC(CN)c1cccc(Cl)c1F. The zero-order valence-corrected chi connectivity index (χ0v) is 9.68. The highest BCUT2D eigenvalue weighted by molar-refractivity contribution is 6.30. The fourth-order valence-electron chi connectivity index (χ4n) is 1.48. The Labute approximate surface area is 94.6 Å². The molecule has 1 aromatic rings. The molecule has 0 bridgehead atoms. The van der Waals surface area contributed by atoms with E-state index in [1.807, 2.05) is 13.8 Å². The Balaban J connectivity index is 2.96. The fraction of sp³-hybridized carbons (Fsp3) is 0.455. The smallest absolute Gasteiger partial charge is 0.146 e. The van der Waals surface area contributed by atoms with E-state index in [0.29, 0.717) is 12.1 Å². The molecule has 3 N–H and O–H groups in total. The van der Waals surface area contributed by atoms with Crippen LogP contribution in [0.15, 0.2) is 18.2 Å². The van der Waals surface area contributed by atoms with Gasteiger partial charge in [-0.2, -0.15) is 0 Å². The van der Waals surface area contributed by atoms with Crippen molar-refractivity contribution in [3.8, 4) is 0 Å². The summed E-state index contributed by atoms with van der Waals surface area (Å²) in [5, 5.41) is 3.33. The van der Waals surface area contributed by atoms with Crippen LogP contribution in [0.4, 0.5) is 4.39 Å². The number of halogens is 2. The minimum Gasteiger partial charge on any atom is -0.329 e. The summed E-state index contributed by atoms with van der Waals surface area (Å²) in [6, 6.07) is 5.02. The van der Waals surface area contributed by atoms with Gasteiger partial charge in [0.2, 0.25) is 0 Å². The van der Waals surface area contributed by atoms with E-state index in [0.717, 1.165) is 0 Å². The van der Waals surface area contributed by atoms with Crippen LogP contribution < -0.4 is 11.1 Å². The molecule has 0 fully saturated rings. The van der Waals surface area contributed by atoms with E-state index in [1.165, 1.54) is 6.07 Å². The Hall–Kier alpha value is -0.640. The topological polar surface area (TPSA) is 38.0 Å². The molecule has 0 aliphatic carbocycles. The molecule has 1 rings (SSSR count). The second-order valence-corrected chi connectivity index (χ2v) is 4.16. The number of benzene rings is 1. The first kappa shape index (κ1) is 12.4. The van der Waals surface area contributed by atoms with E-state index >= 15 is 0 Å². The number of hydrogen-bond acceptors (Lipinski definition) is 2. The summed E-state index contributed by atoms with van der Waals surface area (Å²) in [5.74, 6) is -0.386. The molecule has 0 aliphatic rings. The summed E-state index contributed by atoms with van der Waals surface area (Å²) in [4.78, 5) is 0. The Kier molecular flexibility index (Phi) is 4.51. The van der Waals surface area contributed by atoms with Crippen LogP contribution in [0.3, 0.4) is 0 Å².